The third-order valence-corrected chi connectivity index (χ3v) is 6.83. The SMILES string of the molecule is C.C.C.C.CCCCCCC.CCCCCCCCC.CCCCCCCCC.CCCCCCCCCCC. The van der Waals surface area contributed by atoms with Crippen LogP contribution in [0.4, 0.5) is 0 Å². The Morgan fingerprint density at radius 3 is 0.325 bits per heavy atom. The van der Waals surface area contributed by atoms with Crippen LogP contribution >= 0.6 is 0 Å². The van der Waals surface area contributed by atoms with Gasteiger partial charge in [0, 0.05) is 0 Å². The zero-order chi connectivity index (χ0) is 27.8. The van der Waals surface area contributed by atoms with Crippen molar-refractivity contribution < 1.29 is 0 Å². The van der Waals surface area contributed by atoms with Crippen LogP contribution in [-0.4, -0.2) is 0 Å². The van der Waals surface area contributed by atoms with Crippen molar-refractivity contribution in [2.45, 2.75) is 265 Å². The number of hydrogen-bond donors (Lipinski definition) is 0. The zero-order valence-corrected chi connectivity index (χ0v) is 27.8. The minimum absolute atomic E-state index is 0. The summed E-state index contributed by atoms with van der Waals surface area (Å²) < 4.78 is 0. The number of unbranched alkanes of at least 4 members (excludes halogenated alkanes) is 24. The van der Waals surface area contributed by atoms with E-state index in [1.54, 1.807) is 0 Å². The average molecular weight is 577 g/mol. The first-order chi connectivity index (χ1) is 17.7. The van der Waals surface area contributed by atoms with Crippen molar-refractivity contribution in [3.05, 3.63) is 0 Å². The second kappa shape index (κ2) is 71.8. The topological polar surface area (TPSA) is 0 Å². The molecule has 0 amide bonds. The van der Waals surface area contributed by atoms with E-state index < -0.39 is 0 Å². The largest absolute Gasteiger partial charge is 0.0776 e. The third-order valence-electron chi connectivity index (χ3n) is 6.83. The first-order valence-corrected chi connectivity index (χ1v) is 17.7. The fraction of sp³-hybridized carbons (Fsp3) is 1.00. The molecule has 0 unspecified atom stereocenters. The molecular formula is C40H96. The van der Waals surface area contributed by atoms with Crippen LogP contribution in [0, 0.1) is 0 Å². The van der Waals surface area contributed by atoms with Crippen LogP contribution in [0.2, 0.25) is 0 Å². The Morgan fingerprint density at radius 2 is 0.225 bits per heavy atom. The molecule has 0 heterocycles. The second-order valence-electron chi connectivity index (χ2n) is 11.1. The lowest BCUT2D eigenvalue weighted by atomic mass is 10.1. The van der Waals surface area contributed by atoms with Crippen LogP contribution in [0.3, 0.4) is 0 Å². The molecule has 40 heavy (non-hydrogen) atoms. The normalized spacial score (nSPS) is 9.00. The Bertz CT molecular complexity index is 231. The lowest BCUT2D eigenvalue weighted by molar-refractivity contribution is 0.572. The van der Waals surface area contributed by atoms with Crippen LogP contribution in [-0.2, 0) is 0 Å². The molecule has 0 aliphatic carbocycles. The van der Waals surface area contributed by atoms with E-state index in [0.29, 0.717) is 0 Å². The van der Waals surface area contributed by atoms with Crippen LogP contribution in [0.15, 0.2) is 0 Å². The quantitative estimate of drug-likeness (QED) is 0.100. The fourth-order valence-electron chi connectivity index (χ4n) is 4.12. The van der Waals surface area contributed by atoms with Gasteiger partial charge in [0.25, 0.3) is 0 Å². The molecule has 0 radical (unpaired) electrons. The monoisotopic (exact) mass is 577 g/mol. The molecule has 0 aromatic rings. The molecule has 0 N–H and O–H groups in total. The van der Waals surface area contributed by atoms with Crippen LogP contribution in [0.1, 0.15) is 265 Å². The molecule has 0 heteroatoms. The van der Waals surface area contributed by atoms with E-state index in [1.807, 2.05) is 0 Å². The summed E-state index contributed by atoms with van der Waals surface area (Å²) in [7, 11) is 0. The first-order valence-electron chi connectivity index (χ1n) is 17.7. The lowest BCUT2D eigenvalue weighted by Crippen LogP contribution is -1.79. The van der Waals surface area contributed by atoms with Gasteiger partial charge in [-0.05, 0) is 0 Å². The Morgan fingerprint density at radius 1 is 0.150 bits per heavy atom. The van der Waals surface area contributed by atoms with Crippen molar-refractivity contribution in [3.8, 4) is 0 Å². The third kappa shape index (κ3) is 90.3. The van der Waals surface area contributed by atoms with E-state index in [0.717, 1.165) is 0 Å². The highest BCUT2D eigenvalue weighted by Gasteiger charge is 1.89. The van der Waals surface area contributed by atoms with Gasteiger partial charge in [0.2, 0.25) is 0 Å². The highest BCUT2D eigenvalue weighted by Crippen LogP contribution is 2.09. The predicted octanol–water partition coefficient (Wildman–Crippen LogP) is 17.6. The molecule has 0 saturated carbocycles. The standard InChI is InChI=1S/C11H24.2C9H20.C7H16.4CH4/c1-3-5-7-9-11-10-8-6-4-2;2*1-3-5-7-9-8-6-4-2;1-3-5-7-6-4-2;;;;/h3-11H2,1-2H3;2*3-9H2,1-2H3;3-7H2,1-2H3;4*1H4. The molecule has 0 spiro atoms. The van der Waals surface area contributed by atoms with Gasteiger partial charge in [-0.1, -0.05) is 265 Å². The summed E-state index contributed by atoms with van der Waals surface area (Å²) in [6.45, 7) is 18.1. The molecule has 0 aromatic heterocycles. The van der Waals surface area contributed by atoms with Crippen molar-refractivity contribution in [1.82, 2.24) is 0 Å². The molecule has 0 nitrogen and oxygen atoms in total. The summed E-state index contributed by atoms with van der Waals surface area (Å²) in [4.78, 5) is 0. The summed E-state index contributed by atoms with van der Waals surface area (Å²) >= 11 is 0. The Kier molecular flexibility index (Phi) is 107. The molecule has 0 atom stereocenters. The predicted molar refractivity (Wildman–Crippen MR) is 202 cm³/mol. The Balaban J connectivity index is -0.0000000556. The van der Waals surface area contributed by atoms with Gasteiger partial charge < -0.3 is 0 Å². The lowest BCUT2D eigenvalue weighted by Gasteiger charge is -1.98. The molecule has 0 aliphatic heterocycles. The van der Waals surface area contributed by atoms with Crippen LogP contribution < -0.4 is 0 Å². The maximum Gasteiger partial charge on any atom is -0.0533 e. The van der Waals surface area contributed by atoms with Crippen LogP contribution in [0.5, 0.6) is 0 Å². The van der Waals surface area contributed by atoms with Gasteiger partial charge in [0.15, 0.2) is 0 Å². The van der Waals surface area contributed by atoms with Crippen molar-refractivity contribution in [2.24, 2.45) is 0 Å². The number of hydrogen-bond acceptors (Lipinski definition) is 0. The fourth-order valence-corrected chi connectivity index (χ4v) is 4.12. The highest BCUT2D eigenvalue weighted by atomic mass is 14.0. The van der Waals surface area contributed by atoms with Gasteiger partial charge in [-0.2, -0.15) is 0 Å². The van der Waals surface area contributed by atoms with E-state index in [-0.39, 0.29) is 29.7 Å². The molecule has 256 valence electrons. The summed E-state index contributed by atoms with van der Waals surface area (Å²) in [5, 5.41) is 0. The highest BCUT2D eigenvalue weighted by molar-refractivity contribution is 4.45. The summed E-state index contributed by atoms with van der Waals surface area (Å²) in [5.74, 6) is 0. The molecular weight excluding hydrogens is 480 g/mol. The average Bonchev–Trinajstić information content (AvgIpc) is 2.90. The van der Waals surface area contributed by atoms with Gasteiger partial charge >= 0.3 is 0 Å². The zero-order valence-electron chi connectivity index (χ0n) is 27.8. The van der Waals surface area contributed by atoms with Crippen molar-refractivity contribution in [1.29, 1.82) is 0 Å². The van der Waals surface area contributed by atoms with E-state index in [4.69, 9.17) is 0 Å². The minimum atomic E-state index is 0. The van der Waals surface area contributed by atoms with Gasteiger partial charge in [-0.25, -0.2) is 0 Å². The van der Waals surface area contributed by atoms with E-state index >= 15 is 0 Å². The van der Waals surface area contributed by atoms with Gasteiger partial charge in [-0.15, -0.1) is 0 Å². The number of rotatable bonds is 24. The maximum atomic E-state index is 2.27. The molecule has 0 saturated heterocycles. The molecule has 0 aromatic carbocycles. The van der Waals surface area contributed by atoms with Crippen molar-refractivity contribution in [2.75, 3.05) is 0 Å². The molecule has 0 fully saturated rings. The van der Waals surface area contributed by atoms with Gasteiger partial charge in [-0.3, -0.25) is 0 Å². The van der Waals surface area contributed by atoms with E-state index in [9.17, 15) is 0 Å². The van der Waals surface area contributed by atoms with Gasteiger partial charge in [0.1, 0.15) is 0 Å². The van der Waals surface area contributed by atoms with Crippen LogP contribution in [0.25, 0.3) is 0 Å². The summed E-state index contributed by atoms with van der Waals surface area (Å²) in [5.41, 5.74) is 0. The van der Waals surface area contributed by atoms with E-state index in [2.05, 4.69) is 55.4 Å². The first kappa shape index (κ1) is 59.4. The Hall–Kier alpha value is 0. The second-order valence-corrected chi connectivity index (χ2v) is 11.1. The smallest absolute Gasteiger partial charge is 0.0533 e. The minimum Gasteiger partial charge on any atom is -0.0776 e. The van der Waals surface area contributed by atoms with Gasteiger partial charge in [0.05, 0.1) is 0 Å². The molecule has 0 bridgehead atoms. The summed E-state index contributed by atoms with van der Waals surface area (Å²) in [6, 6.07) is 0. The maximum absolute atomic E-state index is 2.27. The van der Waals surface area contributed by atoms with Crippen molar-refractivity contribution >= 4 is 0 Å². The molecule has 0 aliphatic rings. The van der Waals surface area contributed by atoms with Crippen molar-refractivity contribution in [3.63, 3.8) is 0 Å². The molecule has 0 rings (SSSR count). The summed E-state index contributed by atoms with van der Waals surface area (Å²) in [6.07, 6.45) is 39.9. The van der Waals surface area contributed by atoms with E-state index in [1.165, 1.54) is 180 Å². The Labute approximate surface area is 264 Å².